The second-order valence-electron chi connectivity index (χ2n) is 8.46. The van der Waals surface area contributed by atoms with Crippen LogP contribution in [0.2, 0.25) is 0 Å². The molecule has 3 nitrogen and oxygen atoms in total. The topological polar surface area (TPSA) is 54.4 Å². The molecule has 28 heavy (non-hydrogen) atoms. The maximum atomic E-state index is 12.7. The van der Waals surface area contributed by atoms with Crippen LogP contribution in [0.25, 0.3) is 0 Å². The fraction of sp³-hybridized carbons (Fsp3) is 0.520. The zero-order chi connectivity index (χ0) is 19.9. The van der Waals surface area contributed by atoms with Gasteiger partial charge in [0.05, 0.1) is 0 Å². The van der Waals surface area contributed by atoms with Crippen molar-refractivity contribution in [1.29, 1.82) is 0 Å². The minimum Gasteiger partial charge on any atom is -0.481 e. The Morgan fingerprint density at radius 2 is 1.89 bits per heavy atom. The molecule has 2 bridgehead atoms. The molecule has 150 valence electrons. The summed E-state index contributed by atoms with van der Waals surface area (Å²) in [6.07, 6.45) is 15.2. The lowest BCUT2D eigenvalue weighted by Gasteiger charge is -2.28. The van der Waals surface area contributed by atoms with Gasteiger partial charge in [-0.2, -0.15) is 0 Å². The number of rotatable bonds is 10. The molecular formula is C25H32O3. The number of benzene rings is 1. The Labute approximate surface area is 168 Å². The number of unbranched alkanes of at least 4 members (excludes halogenated alkanes) is 1. The van der Waals surface area contributed by atoms with Crippen LogP contribution in [-0.2, 0) is 9.59 Å². The summed E-state index contributed by atoms with van der Waals surface area (Å²) in [5, 5.41) is 8.71. The van der Waals surface area contributed by atoms with Crippen molar-refractivity contribution in [3.63, 3.8) is 0 Å². The molecule has 1 N–H and O–H groups in total. The molecule has 2 aliphatic rings. The van der Waals surface area contributed by atoms with Crippen LogP contribution in [0.3, 0.4) is 0 Å². The number of carboxylic acids is 1. The van der Waals surface area contributed by atoms with E-state index < -0.39 is 5.97 Å². The van der Waals surface area contributed by atoms with Crippen LogP contribution < -0.4 is 0 Å². The first-order valence-electron chi connectivity index (χ1n) is 10.7. The third kappa shape index (κ3) is 5.21. The van der Waals surface area contributed by atoms with Crippen LogP contribution in [0.5, 0.6) is 0 Å². The minimum absolute atomic E-state index is 0.0939. The lowest BCUT2D eigenvalue weighted by molar-refractivity contribution is -0.137. The summed E-state index contributed by atoms with van der Waals surface area (Å²) < 4.78 is 0. The van der Waals surface area contributed by atoms with Crippen LogP contribution in [-0.4, -0.2) is 16.9 Å². The zero-order valence-electron chi connectivity index (χ0n) is 16.8. The Morgan fingerprint density at radius 1 is 1.14 bits per heavy atom. The number of ketones is 1. The predicted molar refractivity (Wildman–Crippen MR) is 112 cm³/mol. The lowest BCUT2D eigenvalue weighted by atomic mass is 9.77. The van der Waals surface area contributed by atoms with Gasteiger partial charge in [0.2, 0.25) is 0 Å². The van der Waals surface area contributed by atoms with Gasteiger partial charge in [-0.05, 0) is 73.8 Å². The van der Waals surface area contributed by atoms with Gasteiger partial charge in [-0.3, -0.25) is 9.59 Å². The Kier molecular flexibility index (Phi) is 7.24. The molecule has 0 amide bonds. The van der Waals surface area contributed by atoms with E-state index >= 15 is 0 Å². The van der Waals surface area contributed by atoms with Crippen molar-refractivity contribution in [3.8, 4) is 0 Å². The van der Waals surface area contributed by atoms with Crippen molar-refractivity contribution < 1.29 is 14.7 Å². The Morgan fingerprint density at radius 3 is 2.64 bits per heavy atom. The van der Waals surface area contributed by atoms with Crippen LogP contribution in [0.1, 0.15) is 63.4 Å². The van der Waals surface area contributed by atoms with Gasteiger partial charge in [0.25, 0.3) is 0 Å². The van der Waals surface area contributed by atoms with E-state index in [2.05, 4.69) is 18.2 Å². The average Bonchev–Trinajstić information content (AvgIpc) is 3.30. The quantitative estimate of drug-likeness (QED) is 0.318. The highest BCUT2D eigenvalue weighted by Gasteiger charge is 2.45. The van der Waals surface area contributed by atoms with Gasteiger partial charge in [-0.1, -0.05) is 55.5 Å². The highest BCUT2D eigenvalue weighted by molar-refractivity contribution is 5.95. The molecule has 0 aliphatic heterocycles. The van der Waals surface area contributed by atoms with E-state index in [1.165, 1.54) is 19.3 Å². The second-order valence-corrected chi connectivity index (χ2v) is 8.46. The molecule has 1 aromatic rings. The predicted octanol–water partition coefficient (Wildman–Crippen LogP) is 5.78. The summed E-state index contributed by atoms with van der Waals surface area (Å²) in [4.78, 5) is 23.2. The van der Waals surface area contributed by atoms with Gasteiger partial charge < -0.3 is 5.11 Å². The summed E-state index contributed by atoms with van der Waals surface area (Å²) in [6.45, 7) is 1.99. The third-order valence-electron chi connectivity index (χ3n) is 6.70. The molecule has 2 fully saturated rings. The van der Waals surface area contributed by atoms with Crippen molar-refractivity contribution in [2.45, 2.75) is 57.8 Å². The van der Waals surface area contributed by atoms with Crippen LogP contribution >= 0.6 is 0 Å². The number of fused-ring (bicyclic) bond motifs is 2. The molecule has 0 heterocycles. The first-order valence-corrected chi connectivity index (χ1v) is 10.7. The third-order valence-corrected chi connectivity index (χ3v) is 6.70. The zero-order valence-corrected chi connectivity index (χ0v) is 16.8. The molecule has 2 saturated carbocycles. The minimum atomic E-state index is -0.721. The summed E-state index contributed by atoms with van der Waals surface area (Å²) in [6, 6.07) is 9.98. The molecule has 1 aromatic carbocycles. The summed E-state index contributed by atoms with van der Waals surface area (Å²) in [7, 11) is 0. The van der Waals surface area contributed by atoms with Crippen LogP contribution in [0.4, 0.5) is 0 Å². The summed E-state index contributed by atoms with van der Waals surface area (Å²) >= 11 is 0. The van der Waals surface area contributed by atoms with Crippen molar-refractivity contribution in [3.05, 3.63) is 60.2 Å². The number of carbonyl (C=O) groups is 2. The molecule has 1 unspecified atom stereocenters. The first-order chi connectivity index (χ1) is 13.6. The van der Waals surface area contributed by atoms with Crippen molar-refractivity contribution in [2.24, 2.45) is 23.7 Å². The Hall–Kier alpha value is -2.16. The normalized spacial score (nSPS) is 27.6. The molecule has 0 spiro atoms. The van der Waals surface area contributed by atoms with Gasteiger partial charge in [0, 0.05) is 12.3 Å². The summed E-state index contributed by atoms with van der Waals surface area (Å²) in [5.74, 6) is 2.03. The number of aliphatic carboxylic acids is 1. The fourth-order valence-corrected chi connectivity index (χ4v) is 5.10. The molecule has 0 saturated heterocycles. The second kappa shape index (κ2) is 9.86. The highest BCUT2D eigenvalue weighted by Crippen LogP contribution is 2.54. The molecule has 0 aromatic heterocycles. The SMILES string of the molecule is CC(C(=O)/C=C/[C@H]1[C@H]2CC[C@H](C2)[C@H]1C/C=C\CCCC(=O)O)c1ccccc1. The Bertz CT molecular complexity index is 719. The van der Waals surface area contributed by atoms with E-state index in [9.17, 15) is 9.59 Å². The highest BCUT2D eigenvalue weighted by atomic mass is 16.4. The molecule has 3 rings (SSSR count). The van der Waals surface area contributed by atoms with E-state index in [-0.39, 0.29) is 18.1 Å². The van der Waals surface area contributed by atoms with E-state index in [1.54, 1.807) is 0 Å². The monoisotopic (exact) mass is 380 g/mol. The standard InChI is InChI=1S/C25H32O3/c1-18(19-9-5-4-6-10-19)24(26)16-15-23-21-14-13-20(17-21)22(23)11-7-2-3-8-12-25(27)28/h2,4-7,9-10,15-16,18,20-23H,3,8,11-14,17H2,1H3,(H,27,28)/b7-2-,16-15+/t18?,20-,21+,22-,23+/m1/s1. The van der Waals surface area contributed by atoms with Crippen molar-refractivity contribution in [2.75, 3.05) is 0 Å². The first kappa shape index (κ1) is 20.6. The maximum Gasteiger partial charge on any atom is 0.303 e. The maximum absolute atomic E-state index is 12.7. The molecule has 3 heteroatoms. The summed E-state index contributed by atoms with van der Waals surface area (Å²) in [5.41, 5.74) is 1.07. The van der Waals surface area contributed by atoms with Crippen molar-refractivity contribution in [1.82, 2.24) is 0 Å². The molecule has 2 aliphatic carbocycles. The number of carboxylic acid groups (broad SMARTS) is 1. The van der Waals surface area contributed by atoms with E-state index in [0.717, 1.165) is 30.2 Å². The van der Waals surface area contributed by atoms with Crippen LogP contribution in [0, 0.1) is 23.7 Å². The number of carbonyl (C=O) groups excluding carboxylic acids is 1. The van der Waals surface area contributed by atoms with Gasteiger partial charge in [-0.25, -0.2) is 0 Å². The van der Waals surface area contributed by atoms with Crippen LogP contribution in [0.15, 0.2) is 54.6 Å². The van der Waals surface area contributed by atoms with Gasteiger partial charge >= 0.3 is 5.97 Å². The number of allylic oxidation sites excluding steroid dienone is 4. The Balaban J connectivity index is 1.55. The molecule has 5 atom stereocenters. The molecular weight excluding hydrogens is 348 g/mol. The van der Waals surface area contributed by atoms with E-state index in [0.29, 0.717) is 18.3 Å². The number of hydrogen-bond donors (Lipinski definition) is 1. The van der Waals surface area contributed by atoms with Gasteiger partial charge in [0.15, 0.2) is 5.78 Å². The van der Waals surface area contributed by atoms with E-state index in [1.807, 2.05) is 43.3 Å². The number of hydrogen-bond acceptors (Lipinski definition) is 2. The largest absolute Gasteiger partial charge is 0.481 e. The fourth-order valence-electron chi connectivity index (χ4n) is 5.10. The van der Waals surface area contributed by atoms with E-state index in [4.69, 9.17) is 5.11 Å². The lowest BCUT2D eigenvalue weighted by Crippen LogP contribution is -2.20. The smallest absolute Gasteiger partial charge is 0.303 e. The van der Waals surface area contributed by atoms with Gasteiger partial charge in [0.1, 0.15) is 0 Å². The molecule has 0 radical (unpaired) electrons. The van der Waals surface area contributed by atoms with Gasteiger partial charge in [-0.15, -0.1) is 0 Å². The average molecular weight is 381 g/mol. The van der Waals surface area contributed by atoms with Crippen molar-refractivity contribution >= 4 is 11.8 Å².